The molecule has 0 saturated carbocycles. The standard InChI is InChI=1S/C17H28N2/c1-13-5-7-17(8-6-13)16(4)19-11-9-14(2)18-15(3)10-12-19/h5-8,14-16,18H,9-12H2,1-4H3. The molecule has 1 aromatic carbocycles. The summed E-state index contributed by atoms with van der Waals surface area (Å²) in [4.78, 5) is 2.64. The highest BCUT2D eigenvalue weighted by molar-refractivity contribution is 5.23. The van der Waals surface area contributed by atoms with E-state index in [1.165, 1.54) is 37.1 Å². The largest absolute Gasteiger partial charge is 0.312 e. The molecule has 0 aromatic heterocycles. The van der Waals surface area contributed by atoms with E-state index in [1.807, 2.05) is 0 Å². The lowest BCUT2D eigenvalue weighted by atomic mass is 10.0. The van der Waals surface area contributed by atoms with Crippen LogP contribution in [0, 0.1) is 6.92 Å². The lowest BCUT2D eigenvalue weighted by molar-refractivity contribution is 0.172. The highest BCUT2D eigenvalue weighted by Gasteiger charge is 2.20. The Bertz CT molecular complexity index is 373. The van der Waals surface area contributed by atoms with E-state index < -0.39 is 0 Å². The van der Waals surface area contributed by atoms with E-state index in [9.17, 15) is 0 Å². The van der Waals surface area contributed by atoms with Crippen molar-refractivity contribution in [3.63, 3.8) is 0 Å². The van der Waals surface area contributed by atoms with E-state index in [-0.39, 0.29) is 0 Å². The molecule has 1 heterocycles. The summed E-state index contributed by atoms with van der Waals surface area (Å²) in [5.74, 6) is 0. The molecule has 2 nitrogen and oxygen atoms in total. The number of aryl methyl sites for hydroxylation is 1. The van der Waals surface area contributed by atoms with Gasteiger partial charge in [-0.15, -0.1) is 0 Å². The highest BCUT2D eigenvalue weighted by Crippen LogP contribution is 2.22. The summed E-state index contributed by atoms with van der Waals surface area (Å²) in [5, 5.41) is 3.66. The third kappa shape index (κ3) is 4.05. The average molecular weight is 260 g/mol. The molecule has 1 aliphatic rings. The number of nitrogens with zero attached hydrogens (tertiary/aromatic N) is 1. The Morgan fingerprint density at radius 3 is 2.11 bits per heavy atom. The number of hydrogen-bond acceptors (Lipinski definition) is 2. The van der Waals surface area contributed by atoms with Gasteiger partial charge in [-0.3, -0.25) is 4.90 Å². The van der Waals surface area contributed by atoms with Crippen molar-refractivity contribution in [2.24, 2.45) is 0 Å². The van der Waals surface area contributed by atoms with Crippen molar-refractivity contribution < 1.29 is 0 Å². The van der Waals surface area contributed by atoms with Gasteiger partial charge in [0.1, 0.15) is 0 Å². The Balaban J connectivity index is 2.04. The van der Waals surface area contributed by atoms with Crippen molar-refractivity contribution >= 4 is 0 Å². The van der Waals surface area contributed by atoms with Gasteiger partial charge in [-0.1, -0.05) is 29.8 Å². The molecule has 3 atom stereocenters. The van der Waals surface area contributed by atoms with Crippen molar-refractivity contribution in [1.82, 2.24) is 10.2 Å². The minimum atomic E-state index is 0.526. The molecule has 1 aliphatic heterocycles. The maximum atomic E-state index is 3.66. The van der Waals surface area contributed by atoms with Crippen LogP contribution < -0.4 is 5.32 Å². The molecule has 0 radical (unpaired) electrons. The summed E-state index contributed by atoms with van der Waals surface area (Å²) < 4.78 is 0. The van der Waals surface area contributed by atoms with Gasteiger partial charge in [0.25, 0.3) is 0 Å². The quantitative estimate of drug-likeness (QED) is 0.875. The third-order valence-corrected chi connectivity index (χ3v) is 4.38. The van der Waals surface area contributed by atoms with Crippen molar-refractivity contribution in [1.29, 1.82) is 0 Å². The maximum Gasteiger partial charge on any atom is 0.0319 e. The maximum absolute atomic E-state index is 3.66. The average Bonchev–Trinajstić information content (AvgIpc) is 2.37. The Labute approximate surface area is 118 Å². The van der Waals surface area contributed by atoms with Crippen molar-refractivity contribution in [2.75, 3.05) is 13.1 Å². The first-order valence-electron chi connectivity index (χ1n) is 7.63. The first-order valence-corrected chi connectivity index (χ1v) is 7.63. The zero-order valence-corrected chi connectivity index (χ0v) is 12.8. The summed E-state index contributed by atoms with van der Waals surface area (Å²) in [7, 11) is 0. The summed E-state index contributed by atoms with van der Waals surface area (Å²) >= 11 is 0. The van der Waals surface area contributed by atoms with E-state index in [0.29, 0.717) is 18.1 Å². The molecule has 0 amide bonds. The van der Waals surface area contributed by atoms with Gasteiger partial charge in [0.15, 0.2) is 0 Å². The van der Waals surface area contributed by atoms with Gasteiger partial charge in [-0.05, 0) is 46.1 Å². The molecule has 1 aromatic rings. The van der Waals surface area contributed by atoms with Gasteiger partial charge in [0, 0.05) is 31.2 Å². The SMILES string of the molecule is Cc1ccc(C(C)N2CCC(C)NC(C)CC2)cc1. The van der Waals surface area contributed by atoms with E-state index in [2.05, 4.69) is 62.2 Å². The Kier molecular flexibility index (Phi) is 5.00. The molecule has 1 saturated heterocycles. The van der Waals surface area contributed by atoms with Gasteiger partial charge in [-0.2, -0.15) is 0 Å². The van der Waals surface area contributed by atoms with Crippen molar-refractivity contribution in [3.8, 4) is 0 Å². The zero-order chi connectivity index (χ0) is 13.8. The topological polar surface area (TPSA) is 15.3 Å². The van der Waals surface area contributed by atoms with E-state index in [1.54, 1.807) is 0 Å². The lowest BCUT2D eigenvalue weighted by Crippen LogP contribution is -2.43. The lowest BCUT2D eigenvalue weighted by Gasteiger charge is -2.35. The molecular formula is C17H28N2. The van der Waals surface area contributed by atoms with Crippen molar-refractivity contribution in [2.45, 2.75) is 58.7 Å². The third-order valence-electron chi connectivity index (χ3n) is 4.38. The number of nitrogens with one attached hydrogen (secondary N) is 1. The molecule has 19 heavy (non-hydrogen) atoms. The van der Waals surface area contributed by atoms with Crippen LogP contribution in [0.2, 0.25) is 0 Å². The van der Waals surface area contributed by atoms with Crippen LogP contribution in [0.3, 0.4) is 0 Å². The van der Waals surface area contributed by atoms with Gasteiger partial charge < -0.3 is 5.32 Å². The smallest absolute Gasteiger partial charge is 0.0319 e. The van der Waals surface area contributed by atoms with Crippen LogP contribution in [0.15, 0.2) is 24.3 Å². The summed E-state index contributed by atoms with van der Waals surface area (Å²) in [5.41, 5.74) is 2.79. The van der Waals surface area contributed by atoms with Gasteiger partial charge in [-0.25, -0.2) is 0 Å². The fraction of sp³-hybridized carbons (Fsp3) is 0.647. The fourth-order valence-corrected chi connectivity index (χ4v) is 2.93. The number of rotatable bonds is 2. The molecule has 3 unspecified atom stereocenters. The first-order chi connectivity index (χ1) is 9.06. The molecule has 1 fully saturated rings. The Morgan fingerprint density at radius 1 is 1.05 bits per heavy atom. The summed E-state index contributed by atoms with van der Waals surface area (Å²) in [6, 6.07) is 10.8. The van der Waals surface area contributed by atoms with Crippen LogP contribution in [-0.4, -0.2) is 30.1 Å². The van der Waals surface area contributed by atoms with E-state index in [0.717, 1.165) is 0 Å². The molecule has 0 spiro atoms. The summed E-state index contributed by atoms with van der Waals surface area (Å²) in [6.07, 6.45) is 2.47. The number of benzene rings is 1. The molecular weight excluding hydrogens is 232 g/mol. The van der Waals surface area contributed by atoms with Crippen LogP contribution in [0.1, 0.15) is 50.8 Å². The van der Waals surface area contributed by atoms with Gasteiger partial charge in [0.2, 0.25) is 0 Å². The van der Waals surface area contributed by atoms with Crippen LogP contribution >= 0.6 is 0 Å². The van der Waals surface area contributed by atoms with Crippen LogP contribution in [0.5, 0.6) is 0 Å². The second kappa shape index (κ2) is 6.53. The van der Waals surface area contributed by atoms with Crippen LogP contribution in [0.4, 0.5) is 0 Å². The molecule has 106 valence electrons. The zero-order valence-electron chi connectivity index (χ0n) is 12.8. The van der Waals surface area contributed by atoms with E-state index in [4.69, 9.17) is 0 Å². The predicted octanol–water partition coefficient (Wildman–Crippen LogP) is 3.52. The molecule has 1 N–H and O–H groups in total. The molecule has 0 aliphatic carbocycles. The second-order valence-corrected chi connectivity index (χ2v) is 6.17. The van der Waals surface area contributed by atoms with Gasteiger partial charge >= 0.3 is 0 Å². The monoisotopic (exact) mass is 260 g/mol. The van der Waals surface area contributed by atoms with Crippen LogP contribution in [-0.2, 0) is 0 Å². The fourth-order valence-electron chi connectivity index (χ4n) is 2.93. The minimum absolute atomic E-state index is 0.526. The molecule has 0 bridgehead atoms. The molecule has 2 rings (SSSR count). The molecule has 2 heteroatoms. The summed E-state index contributed by atoms with van der Waals surface area (Å²) in [6.45, 7) is 11.5. The van der Waals surface area contributed by atoms with E-state index >= 15 is 0 Å². The van der Waals surface area contributed by atoms with Gasteiger partial charge in [0.05, 0.1) is 0 Å². The first kappa shape index (κ1) is 14.5. The minimum Gasteiger partial charge on any atom is -0.312 e. The van der Waals surface area contributed by atoms with Crippen LogP contribution in [0.25, 0.3) is 0 Å². The highest BCUT2D eigenvalue weighted by atomic mass is 15.2. The van der Waals surface area contributed by atoms with Crippen molar-refractivity contribution in [3.05, 3.63) is 35.4 Å². The number of hydrogen-bond donors (Lipinski definition) is 1. The second-order valence-electron chi connectivity index (χ2n) is 6.17. The predicted molar refractivity (Wildman–Crippen MR) is 82.5 cm³/mol. The Hall–Kier alpha value is -0.860. The normalized spacial score (nSPS) is 27.6. The Morgan fingerprint density at radius 2 is 1.58 bits per heavy atom.